The number of fused-ring (bicyclic) bond motifs is 3. The lowest BCUT2D eigenvalue weighted by molar-refractivity contribution is -0.143. The van der Waals surface area contributed by atoms with Gasteiger partial charge in [-0.05, 0) is 29.3 Å². The van der Waals surface area contributed by atoms with Gasteiger partial charge in [-0.2, -0.15) is 26.3 Å². The first-order chi connectivity index (χ1) is 15.6. The number of benzene rings is 3. The van der Waals surface area contributed by atoms with E-state index in [0.717, 1.165) is 0 Å². The molecule has 1 aliphatic carbocycles. The molecule has 0 radical (unpaired) electrons. The van der Waals surface area contributed by atoms with Crippen molar-refractivity contribution in [1.82, 2.24) is 0 Å². The van der Waals surface area contributed by atoms with Gasteiger partial charge in [-0.15, -0.1) is 0 Å². The summed E-state index contributed by atoms with van der Waals surface area (Å²) >= 11 is 0. The molecule has 0 nitrogen and oxygen atoms in total. The third-order valence-electron chi connectivity index (χ3n) is 5.34. The summed E-state index contributed by atoms with van der Waals surface area (Å²) in [5, 5.41) is 0. The number of hydrogen-bond donors (Lipinski definition) is 0. The van der Waals surface area contributed by atoms with Crippen LogP contribution in [0.2, 0.25) is 0 Å². The molecule has 0 aromatic heterocycles. The lowest BCUT2D eigenvalue weighted by Gasteiger charge is -2.22. The SMILES string of the molecule is Fc1cc2c(c(F)c1F)-c1c(F)c(F)c(F)c(F)c1C2c1ccc(C(F)(F)F)cc1C(F)(F)F. The average molecular weight is 504 g/mol. The fraction of sp³-hybridized carbons (Fsp3) is 0.143. The van der Waals surface area contributed by atoms with Gasteiger partial charge in [0.25, 0.3) is 0 Å². The highest BCUT2D eigenvalue weighted by atomic mass is 19.4. The topological polar surface area (TPSA) is 0 Å². The van der Waals surface area contributed by atoms with Crippen molar-refractivity contribution in [3.05, 3.63) is 92.8 Å². The van der Waals surface area contributed by atoms with Crippen molar-refractivity contribution >= 4 is 0 Å². The maximum absolute atomic E-state index is 14.7. The van der Waals surface area contributed by atoms with Gasteiger partial charge in [0.1, 0.15) is 0 Å². The van der Waals surface area contributed by atoms with E-state index < -0.39 is 104 Å². The molecule has 3 aromatic carbocycles. The third kappa shape index (κ3) is 3.31. The molecule has 4 rings (SSSR count). The van der Waals surface area contributed by atoms with Gasteiger partial charge in [0.15, 0.2) is 40.7 Å². The second-order valence-electron chi connectivity index (χ2n) is 7.23. The summed E-state index contributed by atoms with van der Waals surface area (Å²) in [5.41, 5.74) is -10.7. The van der Waals surface area contributed by atoms with Crippen molar-refractivity contribution in [2.24, 2.45) is 0 Å². The molecule has 0 N–H and O–H groups in total. The first-order valence-electron chi connectivity index (χ1n) is 8.89. The maximum atomic E-state index is 14.7. The summed E-state index contributed by atoms with van der Waals surface area (Å²) in [5.74, 6) is -18.7. The van der Waals surface area contributed by atoms with E-state index in [2.05, 4.69) is 0 Å². The molecule has 1 atom stereocenters. The Labute approximate surface area is 180 Å². The van der Waals surface area contributed by atoms with Crippen LogP contribution in [0.15, 0.2) is 24.3 Å². The minimum Gasteiger partial charge on any atom is -0.204 e. The predicted molar refractivity (Wildman–Crippen MR) is 89.0 cm³/mol. The van der Waals surface area contributed by atoms with Gasteiger partial charge in [0, 0.05) is 22.6 Å². The third-order valence-corrected chi connectivity index (χ3v) is 5.34. The zero-order valence-electron chi connectivity index (χ0n) is 15.8. The lowest BCUT2D eigenvalue weighted by atomic mass is 9.85. The molecule has 1 unspecified atom stereocenters. The number of rotatable bonds is 1. The van der Waals surface area contributed by atoms with E-state index in [0.29, 0.717) is 0 Å². The fourth-order valence-corrected chi connectivity index (χ4v) is 3.97. The highest BCUT2D eigenvalue weighted by Crippen LogP contribution is 2.54. The smallest absolute Gasteiger partial charge is 0.204 e. The zero-order chi connectivity index (χ0) is 25.5. The van der Waals surface area contributed by atoms with Crippen LogP contribution in [0.3, 0.4) is 0 Å². The van der Waals surface area contributed by atoms with E-state index in [-0.39, 0.29) is 18.2 Å². The summed E-state index contributed by atoms with van der Waals surface area (Å²) in [6.45, 7) is 0. The summed E-state index contributed by atoms with van der Waals surface area (Å²) in [6, 6.07) is -0.0537. The van der Waals surface area contributed by atoms with E-state index >= 15 is 0 Å². The van der Waals surface area contributed by atoms with E-state index in [1.807, 2.05) is 0 Å². The second-order valence-corrected chi connectivity index (χ2v) is 7.23. The summed E-state index contributed by atoms with van der Waals surface area (Å²) in [6.07, 6.45) is -10.9. The molecule has 13 heteroatoms. The Bertz CT molecular complexity index is 1350. The molecule has 180 valence electrons. The van der Waals surface area contributed by atoms with Gasteiger partial charge in [0.05, 0.1) is 11.1 Å². The molecular formula is C21H5F13. The molecule has 1 aliphatic rings. The predicted octanol–water partition coefficient (Wildman–Crippen LogP) is 7.86. The van der Waals surface area contributed by atoms with Crippen molar-refractivity contribution in [1.29, 1.82) is 0 Å². The fourth-order valence-electron chi connectivity index (χ4n) is 3.97. The minimum absolute atomic E-state index is 0.0466. The highest BCUT2D eigenvalue weighted by molar-refractivity contribution is 5.82. The van der Waals surface area contributed by atoms with E-state index in [4.69, 9.17) is 0 Å². The number of halogens is 13. The van der Waals surface area contributed by atoms with Gasteiger partial charge < -0.3 is 0 Å². The molecule has 0 heterocycles. The number of alkyl halides is 6. The van der Waals surface area contributed by atoms with Gasteiger partial charge in [0.2, 0.25) is 0 Å². The molecule has 0 saturated carbocycles. The van der Waals surface area contributed by atoms with Crippen molar-refractivity contribution in [2.75, 3.05) is 0 Å². The Kier molecular flexibility index (Phi) is 5.18. The Morgan fingerprint density at radius 2 is 1.09 bits per heavy atom. The van der Waals surface area contributed by atoms with Crippen LogP contribution in [0.5, 0.6) is 0 Å². The van der Waals surface area contributed by atoms with Crippen LogP contribution >= 0.6 is 0 Å². The van der Waals surface area contributed by atoms with Crippen molar-refractivity contribution in [3.8, 4) is 11.1 Å². The molecule has 0 spiro atoms. The number of hydrogen-bond acceptors (Lipinski definition) is 0. The van der Waals surface area contributed by atoms with Crippen LogP contribution < -0.4 is 0 Å². The Morgan fingerprint density at radius 1 is 0.529 bits per heavy atom. The lowest BCUT2D eigenvalue weighted by Crippen LogP contribution is -2.17. The summed E-state index contributed by atoms with van der Waals surface area (Å²) in [4.78, 5) is 0. The Hall–Kier alpha value is -3.25. The highest BCUT2D eigenvalue weighted by Gasteiger charge is 2.46. The van der Waals surface area contributed by atoms with Crippen LogP contribution in [0.1, 0.15) is 33.7 Å². The zero-order valence-corrected chi connectivity index (χ0v) is 15.8. The molecule has 34 heavy (non-hydrogen) atoms. The Balaban J connectivity index is 2.18. The van der Waals surface area contributed by atoms with Gasteiger partial charge in [-0.3, -0.25) is 0 Å². The second kappa shape index (κ2) is 7.37. The van der Waals surface area contributed by atoms with Crippen molar-refractivity contribution in [2.45, 2.75) is 18.3 Å². The average Bonchev–Trinajstić information content (AvgIpc) is 3.07. The van der Waals surface area contributed by atoms with E-state index in [9.17, 15) is 57.1 Å². The largest absolute Gasteiger partial charge is 0.416 e. The monoisotopic (exact) mass is 504 g/mol. The first-order valence-corrected chi connectivity index (χ1v) is 8.89. The van der Waals surface area contributed by atoms with Crippen LogP contribution in [-0.4, -0.2) is 0 Å². The first kappa shape index (κ1) is 23.9. The van der Waals surface area contributed by atoms with Crippen molar-refractivity contribution < 1.29 is 57.1 Å². The maximum Gasteiger partial charge on any atom is 0.416 e. The molecule has 0 amide bonds. The summed E-state index contributed by atoms with van der Waals surface area (Å²) < 4.78 is 179. The van der Waals surface area contributed by atoms with Crippen LogP contribution in [-0.2, 0) is 12.4 Å². The minimum atomic E-state index is -5.58. The molecule has 3 aromatic rings. The summed E-state index contributed by atoms with van der Waals surface area (Å²) in [7, 11) is 0. The van der Waals surface area contributed by atoms with Crippen molar-refractivity contribution in [3.63, 3.8) is 0 Å². The van der Waals surface area contributed by atoms with E-state index in [1.165, 1.54) is 0 Å². The van der Waals surface area contributed by atoms with E-state index in [1.54, 1.807) is 0 Å². The van der Waals surface area contributed by atoms with Crippen LogP contribution in [0.25, 0.3) is 11.1 Å². The molecule has 0 aliphatic heterocycles. The normalized spacial score (nSPS) is 15.5. The van der Waals surface area contributed by atoms with Gasteiger partial charge >= 0.3 is 12.4 Å². The Morgan fingerprint density at radius 3 is 1.65 bits per heavy atom. The quantitative estimate of drug-likeness (QED) is 0.141. The molecule has 0 bridgehead atoms. The molecule has 0 saturated heterocycles. The van der Waals surface area contributed by atoms with Crippen LogP contribution in [0, 0.1) is 40.7 Å². The van der Waals surface area contributed by atoms with Gasteiger partial charge in [-0.1, -0.05) is 6.07 Å². The standard InChI is InChI=1S/C21H5F13/c22-9-4-7-10(6-2-1-5(20(29,30)31)3-8(6)21(32,33)34)12-13(11(7)15(24)14(9)23)17(26)19(28)18(27)16(12)25/h1-4,10H. The van der Waals surface area contributed by atoms with Crippen LogP contribution in [0.4, 0.5) is 57.1 Å². The molecule has 0 fully saturated rings. The van der Waals surface area contributed by atoms with Gasteiger partial charge in [-0.25, -0.2) is 30.7 Å². The molecular weight excluding hydrogens is 499 g/mol.